The van der Waals surface area contributed by atoms with Crippen LogP contribution in [0.4, 0.5) is 23.7 Å². The number of nitrogens with one attached hydrogen (secondary N) is 1. The second-order valence-corrected chi connectivity index (χ2v) is 9.02. The molecule has 1 saturated heterocycles. The topological polar surface area (TPSA) is 85.2 Å². The molecule has 192 valence electrons. The van der Waals surface area contributed by atoms with Crippen molar-refractivity contribution in [2.75, 3.05) is 31.5 Å². The van der Waals surface area contributed by atoms with Gasteiger partial charge in [0.15, 0.2) is 0 Å². The fraction of sp³-hybridized carbons (Fsp3) is 0.423. The number of carboxylic acid groups (broad SMARTS) is 1. The molecule has 2 aliphatic rings. The lowest BCUT2D eigenvalue weighted by Crippen LogP contribution is -2.36. The third kappa shape index (κ3) is 6.16. The minimum absolute atomic E-state index is 0.166. The lowest BCUT2D eigenvalue weighted by atomic mass is 10.00. The highest BCUT2D eigenvalue weighted by molar-refractivity contribution is 5.98. The van der Waals surface area contributed by atoms with E-state index in [1.165, 1.54) is 22.6 Å². The quantitative estimate of drug-likeness (QED) is 0.462. The summed E-state index contributed by atoms with van der Waals surface area (Å²) in [4.78, 5) is 32.1. The zero-order chi connectivity index (χ0) is 25.7. The summed E-state index contributed by atoms with van der Waals surface area (Å²) >= 11 is 0. The smallest absolute Gasteiger partial charge is 0.416 e. The monoisotopic (exact) mass is 502 g/mol. The Morgan fingerprint density at radius 3 is 2.67 bits per heavy atom. The standard InChI is InChI=1S/C26H29F3N4O3/c27-26(28,29)20-8-5-7-19(16-20)22(17-24(34)35)33-15-14-32(25(33)36)13-4-3-12-30-23-11-10-18-6-1-2-9-21(18)31-23/h1-2,5-9,16,22H,3-4,10-15,17H2,(H,30,31)(H,34,35)/t22-/m0/s1. The molecular formula is C26H29F3N4O3. The number of rotatable bonds is 9. The Labute approximate surface area is 207 Å². The zero-order valence-corrected chi connectivity index (χ0v) is 19.8. The van der Waals surface area contributed by atoms with Crippen LogP contribution in [0.5, 0.6) is 0 Å². The van der Waals surface area contributed by atoms with E-state index in [-0.39, 0.29) is 18.1 Å². The molecule has 0 saturated carbocycles. The van der Waals surface area contributed by atoms with Crippen molar-refractivity contribution < 1.29 is 27.9 Å². The minimum Gasteiger partial charge on any atom is -0.481 e. The number of aryl methyl sites for hydroxylation is 1. The molecule has 0 unspecified atom stereocenters. The summed E-state index contributed by atoms with van der Waals surface area (Å²) in [5, 5.41) is 12.7. The number of amidine groups is 1. The van der Waals surface area contributed by atoms with Gasteiger partial charge in [0.2, 0.25) is 0 Å². The van der Waals surface area contributed by atoms with Crippen molar-refractivity contribution in [2.24, 2.45) is 4.99 Å². The van der Waals surface area contributed by atoms with Gasteiger partial charge in [-0.1, -0.05) is 30.3 Å². The second kappa shape index (κ2) is 11.0. The summed E-state index contributed by atoms with van der Waals surface area (Å²) in [5.74, 6) is -0.226. The summed E-state index contributed by atoms with van der Waals surface area (Å²) in [7, 11) is 0. The average molecular weight is 503 g/mol. The molecular weight excluding hydrogens is 473 g/mol. The molecule has 1 atom stereocenters. The SMILES string of the molecule is O=C(O)C[C@@H](c1cccc(C(F)(F)F)c1)N1CCN(CCCCN=C2CCc3ccccc3N2)C1=O. The maximum atomic E-state index is 13.2. The number of halogens is 3. The van der Waals surface area contributed by atoms with Crippen molar-refractivity contribution >= 4 is 23.5 Å². The van der Waals surface area contributed by atoms with Crippen molar-refractivity contribution in [3.05, 3.63) is 65.2 Å². The number of hydrogen-bond donors (Lipinski definition) is 2. The van der Waals surface area contributed by atoms with Crippen molar-refractivity contribution in [2.45, 2.75) is 44.3 Å². The summed E-state index contributed by atoms with van der Waals surface area (Å²) in [6.07, 6.45) is -1.71. The van der Waals surface area contributed by atoms with Gasteiger partial charge in [0.05, 0.1) is 18.0 Å². The van der Waals surface area contributed by atoms with Crippen LogP contribution >= 0.6 is 0 Å². The highest BCUT2D eigenvalue weighted by atomic mass is 19.4. The minimum atomic E-state index is -4.55. The molecule has 0 bridgehead atoms. The van der Waals surface area contributed by atoms with E-state index in [0.717, 1.165) is 49.3 Å². The molecule has 10 heteroatoms. The molecule has 2 aromatic rings. The van der Waals surface area contributed by atoms with Crippen molar-refractivity contribution in [3.63, 3.8) is 0 Å². The highest BCUT2D eigenvalue weighted by Crippen LogP contribution is 2.34. The number of hydrogen-bond acceptors (Lipinski definition) is 3. The van der Waals surface area contributed by atoms with E-state index in [1.54, 1.807) is 4.90 Å². The molecule has 2 aromatic carbocycles. The second-order valence-electron chi connectivity index (χ2n) is 9.02. The van der Waals surface area contributed by atoms with E-state index in [1.807, 2.05) is 18.2 Å². The van der Waals surface area contributed by atoms with Crippen LogP contribution in [0, 0.1) is 0 Å². The Hall–Kier alpha value is -3.56. The number of para-hydroxylation sites is 1. The van der Waals surface area contributed by atoms with E-state index in [9.17, 15) is 27.9 Å². The van der Waals surface area contributed by atoms with Crippen LogP contribution in [-0.4, -0.2) is 58.9 Å². The molecule has 1 fully saturated rings. The first-order valence-electron chi connectivity index (χ1n) is 12.0. The van der Waals surface area contributed by atoms with Crippen LogP contribution in [0.1, 0.15) is 48.4 Å². The van der Waals surface area contributed by atoms with Gasteiger partial charge in [-0.15, -0.1) is 0 Å². The number of carbonyl (C=O) groups is 2. The molecule has 0 radical (unpaired) electrons. The number of fused-ring (bicyclic) bond motifs is 1. The number of carboxylic acids is 1. The lowest BCUT2D eigenvalue weighted by Gasteiger charge is -2.28. The number of unbranched alkanes of at least 4 members (excludes halogenated alkanes) is 1. The lowest BCUT2D eigenvalue weighted by molar-refractivity contribution is -0.138. The van der Waals surface area contributed by atoms with E-state index in [2.05, 4.69) is 16.4 Å². The molecule has 2 heterocycles. The number of carbonyl (C=O) groups excluding carboxylic acids is 1. The number of amides is 2. The molecule has 0 spiro atoms. The van der Waals surface area contributed by atoms with Gasteiger partial charge in [-0.3, -0.25) is 9.79 Å². The van der Waals surface area contributed by atoms with Crippen molar-refractivity contribution in [3.8, 4) is 0 Å². The maximum absolute atomic E-state index is 13.2. The first-order valence-corrected chi connectivity index (χ1v) is 12.0. The Morgan fingerprint density at radius 1 is 1.08 bits per heavy atom. The number of benzene rings is 2. The maximum Gasteiger partial charge on any atom is 0.416 e. The molecule has 36 heavy (non-hydrogen) atoms. The number of urea groups is 1. The van der Waals surface area contributed by atoms with E-state index in [0.29, 0.717) is 19.6 Å². The van der Waals surface area contributed by atoms with Crippen LogP contribution in [0.2, 0.25) is 0 Å². The van der Waals surface area contributed by atoms with Gasteiger partial charge < -0.3 is 20.2 Å². The van der Waals surface area contributed by atoms with Gasteiger partial charge >= 0.3 is 18.2 Å². The van der Waals surface area contributed by atoms with Crippen LogP contribution in [-0.2, 0) is 17.4 Å². The van der Waals surface area contributed by atoms with Crippen molar-refractivity contribution in [1.29, 1.82) is 0 Å². The number of anilines is 1. The predicted molar refractivity (Wildman–Crippen MR) is 130 cm³/mol. The van der Waals surface area contributed by atoms with Gasteiger partial charge in [-0.25, -0.2) is 4.79 Å². The Bertz CT molecular complexity index is 1140. The largest absolute Gasteiger partial charge is 0.481 e. The molecule has 4 rings (SSSR count). The summed E-state index contributed by atoms with van der Waals surface area (Å²) in [6.45, 7) is 1.78. The number of alkyl halides is 3. The normalized spacial score (nSPS) is 17.8. The van der Waals surface area contributed by atoms with Crippen LogP contribution in [0.15, 0.2) is 53.5 Å². The van der Waals surface area contributed by atoms with E-state index in [4.69, 9.17) is 0 Å². The van der Waals surface area contributed by atoms with Crippen LogP contribution in [0.3, 0.4) is 0 Å². The molecule has 7 nitrogen and oxygen atoms in total. The van der Waals surface area contributed by atoms with Gasteiger partial charge in [0.25, 0.3) is 0 Å². The molecule has 0 aromatic heterocycles. The summed E-state index contributed by atoms with van der Waals surface area (Å²) in [5.41, 5.74) is 1.66. The Morgan fingerprint density at radius 2 is 1.89 bits per heavy atom. The zero-order valence-electron chi connectivity index (χ0n) is 19.8. The Balaban J connectivity index is 1.31. The third-order valence-corrected chi connectivity index (χ3v) is 6.54. The fourth-order valence-electron chi connectivity index (χ4n) is 4.67. The first-order chi connectivity index (χ1) is 17.2. The Kier molecular flexibility index (Phi) is 7.81. The highest BCUT2D eigenvalue weighted by Gasteiger charge is 2.37. The summed E-state index contributed by atoms with van der Waals surface area (Å²) in [6, 6.07) is 11.4. The molecule has 2 N–H and O–H groups in total. The average Bonchev–Trinajstić information content (AvgIpc) is 3.21. The number of aliphatic imine (C=N–C) groups is 1. The molecule has 2 amide bonds. The fourth-order valence-corrected chi connectivity index (χ4v) is 4.67. The first kappa shape index (κ1) is 25.5. The van der Waals surface area contributed by atoms with Gasteiger partial charge in [-0.05, 0) is 48.6 Å². The summed E-state index contributed by atoms with van der Waals surface area (Å²) < 4.78 is 39.5. The molecule has 2 aliphatic heterocycles. The number of aliphatic carboxylic acids is 1. The van der Waals surface area contributed by atoms with Crippen LogP contribution < -0.4 is 5.32 Å². The molecule has 0 aliphatic carbocycles. The van der Waals surface area contributed by atoms with E-state index >= 15 is 0 Å². The predicted octanol–water partition coefficient (Wildman–Crippen LogP) is 5.20. The van der Waals surface area contributed by atoms with Gasteiger partial charge in [0.1, 0.15) is 5.84 Å². The van der Waals surface area contributed by atoms with Crippen molar-refractivity contribution in [1.82, 2.24) is 9.80 Å². The van der Waals surface area contributed by atoms with Crippen LogP contribution in [0.25, 0.3) is 0 Å². The van der Waals surface area contributed by atoms with Gasteiger partial charge in [0, 0.05) is 38.3 Å². The van der Waals surface area contributed by atoms with Gasteiger partial charge in [-0.2, -0.15) is 13.2 Å². The van der Waals surface area contributed by atoms with E-state index < -0.39 is 30.2 Å². The number of nitrogens with zero attached hydrogens (tertiary/aromatic N) is 3. The third-order valence-electron chi connectivity index (χ3n) is 6.54.